The first-order valence-corrected chi connectivity index (χ1v) is 3.19. The predicted molar refractivity (Wildman–Crippen MR) is 37.5 cm³/mol. The summed E-state index contributed by atoms with van der Waals surface area (Å²) in [6, 6.07) is 2.71. The molecular weight excluding hydrogens is 190 g/mol. The van der Waals surface area contributed by atoms with Gasteiger partial charge in [0, 0.05) is 11.8 Å². The number of halogens is 4. The highest BCUT2D eigenvalue weighted by molar-refractivity contribution is 5.44. The molecule has 0 radical (unpaired) electrons. The summed E-state index contributed by atoms with van der Waals surface area (Å²) in [5.74, 6) is -2.03. The number of alkyl halides is 3. The van der Waals surface area contributed by atoms with Gasteiger partial charge in [0.05, 0.1) is 0 Å². The van der Waals surface area contributed by atoms with Crippen LogP contribution in [-0.2, 0) is 0 Å². The van der Waals surface area contributed by atoms with E-state index in [-0.39, 0.29) is 5.69 Å². The van der Waals surface area contributed by atoms with Crippen LogP contribution in [0.4, 0.5) is 23.2 Å². The van der Waals surface area contributed by atoms with E-state index in [1.807, 2.05) is 0 Å². The van der Waals surface area contributed by atoms with Crippen molar-refractivity contribution in [2.75, 3.05) is 5.73 Å². The van der Waals surface area contributed by atoms with Crippen LogP contribution in [0.15, 0.2) is 18.2 Å². The van der Waals surface area contributed by atoms with E-state index in [0.717, 1.165) is 18.2 Å². The smallest absolute Gasteiger partial charge is 0.403 e. The number of anilines is 1. The van der Waals surface area contributed by atoms with E-state index in [0.29, 0.717) is 0 Å². The van der Waals surface area contributed by atoms with E-state index < -0.39 is 17.9 Å². The van der Waals surface area contributed by atoms with Gasteiger partial charge in [-0.1, -0.05) is 0 Å². The molecule has 2 N–H and O–H groups in total. The van der Waals surface area contributed by atoms with Gasteiger partial charge in [-0.3, -0.25) is 0 Å². The van der Waals surface area contributed by atoms with Crippen LogP contribution in [-0.4, -0.2) is 6.36 Å². The van der Waals surface area contributed by atoms with E-state index in [1.165, 1.54) is 0 Å². The second-order valence-corrected chi connectivity index (χ2v) is 2.24. The van der Waals surface area contributed by atoms with Gasteiger partial charge in [-0.15, -0.1) is 13.2 Å². The molecule has 0 amide bonds. The first kappa shape index (κ1) is 9.63. The summed E-state index contributed by atoms with van der Waals surface area (Å²) in [7, 11) is 0. The van der Waals surface area contributed by atoms with Gasteiger partial charge >= 0.3 is 6.36 Å². The molecule has 2 nitrogen and oxygen atoms in total. The fourth-order valence-corrected chi connectivity index (χ4v) is 0.723. The molecule has 0 saturated heterocycles. The molecule has 0 aliphatic rings. The third-order valence-corrected chi connectivity index (χ3v) is 1.18. The minimum Gasteiger partial charge on any atom is -0.403 e. The average Bonchev–Trinajstić information content (AvgIpc) is 1.94. The molecule has 0 aromatic heterocycles. The number of rotatable bonds is 1. The summed E-state index contributed by atoms with van der Waals surface area (Å²) in [6.45, 7) is 0. The summed E-state index contributed by atoms with van der Waals surface area (Å²) in [5.41, 5.74) is 5.13. The Labute approximate surface area is 70.9 Å². The first-order chi connectivity index (χ1) is 5.88. The second kappa shape index (κ2) is 3.12. The molecule has 6 heteroatoms. The van der Waals surface area contributed by atoms with Crippen LogP contribution >= 0.6 is 0 Å². The van der Waals surface area contributed by atoms with Crippen LogP contribution in [0.25, 0.3) is 0 Å². The number of hydrogen-bond donors (Lipinski definition) is 1. The van der Waals surface area contributed by atoms with Crippen molar-refractivity contribution in [2.24, 2.45) is 0 Å². The molecule has 0 unspecified atom stereocenters. The minimum absolute atomic E-state index is 0.000602. The van der Waals surface area contributed by atoms with Gasteiger partial charge < -0.3 is 10.5 Å². The summed E-state index contributed by atoms with van der Waals surface area (Å²) in [5, 5.41) is 0. The highest BCUT2D eigenvalue weighted by Gasteiger charge is 2.32. The van der Waals surface area contributed by atoms with Crippen LogP contribution in [0, 0.1) is 5.82 Å². The molecule has 72 valence electrons. The Balaban J connectivity index is 2.94. The lowest BCUT2D eigenvalue weighted by atomic mass is 10.3. The third kappa shape index (κ3) is 2.81. The number of benzene rings is 1. The number of nitrogens with two attached hydrogens (primary N) is 1. The lowest BCUT2D eigenvalue weighted by Gasteiger charge is -2.09. The monoisotopic (exact) mass is 195 g/mol. The zero-order valence-electron chi connectivity index (χ0n) is 6.23. The Hall–Kier alpha value is -1.46. The lowest BCUT2D eigenvalue weighted by molar-refractivity contribution is -0.275. The SMILES string of the molecule is Nc1ccc(F)c(OC(F)(F)F)c1. The fraction of sp³-hybridized carbons (Fsp3) is 0.143. The molecule has 0 saturated carbocycles. The van der Waals surface area contributed by atoms with Crippen molar-refractivity contribution in [1.82, 2.24) is 0 Å². The number of hydrogen-bond acceptors (Lipinski definition) is 2. The van der Waals surface area contributed by atoms with Crippen molar-refractivity contribution in [3.8, 4) is 5.75 Å². The van der Waals surface area contributed by atoms with Gasteiger partial charge in [0.1, 0.15) is 0 Å². The largest absolute Gasteiger partial charge is 0.573 e. The normalized spacial score (nSPS) is 11.4. The van der Waals surface area contributed by atoms with Crippen molar-refractivity contribution in [2.45, 2.75) is 6.36 Å². The second-order valence-electron chi connectivity index (χ2n) is 2.24. The lowest BCUT2D eigenvalue weighted by Crippen LogP contribution is -2.18. The summed E-state index contributed by atoms with van der Waals surface area (Å²) < 4.78 is 50.8. The zero-order chi connectivity index (χ0) is 10.1. The van der Waals surface area contributed by atoms with E-state index >= 15 is 0 Å². The maximum Gasteiger partial charge on any atom is 0.573 e. The molecule has 0 bridgehead atoms. The standard InChI is InChI=1S/C7H5F4NO/c8-5-2-1-4(12)3-6(5)13-7(9,10)11/h1-3H,12H2. The predicted octanol–water partition coefficient (Wildman–Crippen LogP) is 2.31. The molecular formula is C7H5F4NO. The molecule has 0 atom stereocenters. The molecule has 0 fully saturated rings. The van der Waals surface area contributed by atoms with Gasteiger partial charge in [-0.25, -0.2) is 4.39 Å². The average molecular weight is 195 g/mol. The number of nitrogen functional groups attached to an aromatic ring is 1. The third-order valence-electron chi connectivity index (χ3n) is 1.18. The quantitative estimate of drug-likeness (QED) is 0.551. The van der Waals surface area contributed by atoms with Crippen molar-refractivity contribution >= 4 is 5.69 Å². The summed E-state index contributed by atoms with van der Waals surface area (Å²) in [4.78, 5) is 0. The maximum absolute atomic E-state index is 12.6. The number of ether oxygens (including phenoxy) is 1. The van der Waals surface area contributed by atoms with Crippen LogP contribution in [0.5, 0.6) is 5.75 Å². The Morgan fingerprint density at radius 3 is 2.38 bits per heavy atom. The van der Waals surface area contributed by atoms with Crippen LogP contribution in [0.3, 0.4) is 0 Å². The molecule has 0 heterocycles. The molecule has 13 heavy (non-hydrogen) atoms. The Kier molecular flexibility index (Phi) is 2.31. The molecule has 1 aromatic carbocycles. The molecule has 0 aliphatic carbocycles. The Morgan fingerprint density at radius 1 is 1.23 bits per heavy atom. The molecule has 0 spiro atoms. The molecule has 1 rings (SSSR count). The van der Waals surface area contributed by atoms with Crippen LogP contribution < -0.4 is 10.5 Å². The topological polar surface area (TPSA) is 35.2 Å². The van der Waals surface area contributed by atoms with E-state index in [9.17, 15) is 17.6 Å². The summed E-state index contributed by atoms with van der Waals surface area (Å²) in [6.07, 6.45) is -4.91. The minimum atomic E-state index is -4.91. The van der Waals surface area contributed by atoms with Gasteiger partial charge in [0.25, 0.3) is 0 Å². The van der Waals surface area contributed by atoms with Gasteiger partial charge in [-0.2, -0.15) is 0 Å². The highest BCUT2D eigenvalue weighted by atomic mass is 19.4. The van der Waals surface area contributed by atoms with Gasteiger partial charge in [-0.05, 0) is 12.1 Å². The van der Waals surface area contributed by atoms with Crippen molar-refractivity contribution in [1.29, 1.82) is 0 Å². The van der Waals surface area contributed by atoms with Crippen LogP contribution in [0.2, 0.25) is 0 Å². The van der Waals surface area contributed by atoms with Gasteiger partial charge in [0.15, 0.2) is 11.6 Å². The maximum atomic E-state index is 12.6. The van der Waals surface area contributed by atoms with Crippen molar-refractivity contribution < 1.29 is 22.3 Å². The van der Waals surface area contributed by atoms with Crippen LogP contribution in [0.1, 0.15) is 0 Å². The van der Waals surface area contributed by atoms with Crippen molar-refractivity contribution in [3.05, 3.63) is 24.0 Å². The Bertz CT molecular complexity index is 310. The first-order valence-electron chi connectivity index (χ1n) is 3.19. The van der Waals surface area contributed by atoms with E-state index in [1.54, 1.807) is 0 Å². The van der Waals surface area contributed by atoms with E-state index in [4.69, 9.17) is 5.73 Å². The zero-order valence-corrected chi connectivity index (χ0v) is 6.23. The highest BCUT2D eigenvalue weighted by Crippen LogP contribution is 2.26. The molecule has 0 aliphatic heterocycles. The van der Waals surface area contributed by atoms with E-state index in [2.05, 4.69) is 4.74 Å². The molecule has 1 aromatic rings. The van der Waals surface area contributed by atoms with Gasteiger partial charge in [0.2, 0.25) is 0 Å². The Morgan fingerprint density at radius 2 is 1.85 bits per heavy atom. The fourth-order valence-electron chi connectivity index (χ4n) is 0.723. The summed E-state index contributed by atoms with van der Waals surface area (Å²) >= 11 is 0. The van der Waals surface area contributed by atoms with Crippen molar-refractivity contribution in [3.63, 3.8) is 0 Å².